The molecule has 0 radical (unpaired) electrons. The maximum absolute atomic E-state index is 12.2. The lowest BCUT2D eigenvalue weighted by Crippen LogP contribution is -2.45. The molecule has 2 rings (SSSR count). The van der Waals surface area contributed by atoms with Crippen LogP contribution in [0.5, 0.6) is 0 Å². The molecule has 2 unspecified atom stereocenters. The normalized spacial score (nSPS) is 23.4. The van der Waals surface area contributed by atoms with Crippen molar-refractivity contribution in [2.45, 2.75) is 30.9 Å². The van der Waals surface area contributed by atoms with Gasteiger partial charge in [-0.2, -0.15) is 11.8 Å². The number of rotatable bonds is 3. The summed E-state index contributed by atoms with van der Waals surface area (Å²) in [5.41, 5.74) is 0.154. The smallest absolute Gasteiger partial charge is 0.352 e. The Hall–Kier alpha value is -1.43. The molecule has 5 nitrogen and oxygen atoms in total. The molecule has 1 aliphatic heterocycles. The quantitative estimate of drug-likeness (QED) is 0.913. The van der Waals surface area contributed by atoms with Crippen molar-refractivity contribution in [3.63, 3.8) is 0 Å². The van der Waals surface area contributed by atoms with Gasteiger partial charge in [0.15, 0.2) is 0 Å². The van der Waals surface area contributed by atoms with E-state index in [0.29, 0.717) is 10.5 Å². The van der Waals surface area contributed by atoms with Gasteiger partial charge in [0.1, 0.15) is 12.2 Å². The summed E-state index contributed by atoms with van der Waals surface area (Å²) in [6, 6.07) is 3.15. The number of carbonyl (C=O) groups is 2. The van der Waals surface area contributed by atoms with Crippen LogP contribution in [0.25, 0.3) is 0 Å². The number of carbonyl (C=O) groups excluding carboxylic acids is 1. The van der Waals surface area contributed by atoms with Crippen molar-refractivity contribution in [3.05, 3.63) is 24.0 Å². The molecule has 1 amide bonds. The Balaban J connectivity index is 2.04. The molecule has 0 aromatic carbocycles. The van der Waals surface area contributed by atoms with E-state index in [0.717, 1.165) is 13.1 Å². The number of carboxylic acid groups (broad SMARTS) is 1. The number of hydrogen-bond donors (Lipinski definition) is 1. The van der Waals surface area contributed by atoms with Crippen LogP contribution in [0.4, 0.5) is 0 Å². The zero-order chi connectivity index (χ0) is 14.0. The van der Waals surface area contributed by atoms with E-state index in [1.807, 2.05) is 16.7 Å². The Kier molecular flexibility index (Phi) is 4.19. The molecule has 2 atom stereocenters. The first-order valence-electron chi connectivity index (χ1n) is 6.29. The van der Waals surface area contributed by atoms with Gasteiger partial charge in [0.2, 0.25) is 5.91 Å². The fourth-order valence-corrected chi connectivity index (χ4v) is 3.70. The largest absolute Gasteiger partial charge is 0.477 e. The standard InChI is InChI=1S/C13H18N2O3S/c1-9-6-15(7-10(2)19-9)12(16)8-14-5-3-4-11(14)13(17)18/h3-5,9-10H,6-8H2,1-2H3,(H,17,18). The molecule has 1 aromatic heterocycles. The van der Waals surface area contributed by atoms with E-state index in [1.165, 1.54) is 10.6 Å². The van der Waals surface area contributed by atoms with Crippen LogP contribution in [0.15, 0.2) is 18.3 Å². The molecule has 2 heterocycles. The average molecular weight is 282 g/mol. The maximum atomic E-state index is 12.2. The molecule has 1 fully saturated rings. The van der Waals surface area contributed by atoms with Gasteiger partial charge in [0.25, 0.3) is 0 Å². The summed E-state index contributed by atoms with van der Waals surface area (Å²) >= 11 is 1.88. The van der Waals surface area contributed by atoms with Crippen molar-refractivity contribution in [1.82, 2.24) is 9.47 Å². The van der Waals surface area contributed by atoms with Crippen molar-refractivity contribution in [3.8, 4) is 0 Å². The summed E-state index contributed by atoms with van der Waals surface area (Å²) in [7, 11) is 0. The second kappa shape index (κ2) is 5.69. The molecule has 1 saturated heterocycles. The lowest BCUT2D eigenvalue weighted by atomic mass is 10.3. The van der Waals surface area contributed by atoms with Crippen molar-refractivity contribution < 1.29 is 14.7 Å². The zero-order valence-electron chi connectivity index (χ0n) is 11.1. The molecule has 0 aliphatic carbocycles. The van der Waals surface area contributed by atoms with Crippen LogP contribution < -0.4 is 0 Å². The summed E-state index contributed by atoms with van der Waals surface area (Å²) < 4.78 is 1.49. The Labute approximate surface area is 116 Å². The molecule has 6 heteroatoms. The highest BCUT2D eigenvalue weighted by Crippen LogP contribution is 2.24. The number of thioether (sulfide) groups is 1. The third kappa shape index (κ3) is 3.32. The lowest BCUT2D eigenvalue weighted by Gasteiger charge is -2.34. The Bertz CT molecular complexity index is 476. The zero-order valence-corrected chi connectivity index (χ0v) is 11.9. The summed E-state index contributed by atoms with van der Waals surface area (Å²) in [5, 5.41) is 9.87. The van der Waals surface area contributed by atoms with Crippen LogP contribution in [0.1, 0.15) is 24.3 Å². The highest BCUT2D eigenvalue weighted by molar-refractivity contribution is 8.00. The molecule has 19 heavy (non-hydrogen) atoms. The molecule has 1 N–H and O–H groups in total. The van der Waals surface area contributed by atoms with Crippen LogP contribution in [0.3, 0.4) is 0 Å². The van der Waals surface area contributed by atoms with Gasteiger partial charge in [0.05, 0.1) is 0 Å². The van der Waals surface area contributed by atoms with E-state index in [9.17, 15) is 9.59 Å². The van der Waals surface area contributed by atoms with E-state index in [-0.39, 0.29) is 18.1 Å². The van der Waals surface area contributed by atoms with Gasteiger partial charge < -0.3 is 14.6 Å². The molecular formula is C13H18N2O3S. The van der Waals surface area contributed by atoms with E-state index < -0.39 is 5.97 Å². The first-order valence-corrected chi connectivity index (χ1v) is 7.23. The van der Waals surface area contributed by atoms with Gasteiger partial charge in [-0.05, 0) is 12.1 Å². The fourth-order valence-electron chi connectivity index (χ4n) is 2.37. The lowest BCUT2D eigenvalue weighted by molar-refractivity contribution is -0.132. The predicted molar refractivity (Wildman–Crippen MR) is 74.5 cm³/mol. The number of hydrogen-bond acceptors (Lipinski definition) is 3. The van der Waals surface area contributed by atoms with Gasteiger partial charge in [0, 0.05) is 29.8 Å². The Morgan fingerprint density at radius 3 is 2.58 bits per heavy atom. The first-order chi connectivity index (χ1) is 8.97. The second-order valence-electron chi connectivity index (χ2n) is 4.88. The van der Waals surface area contributed by atoms with Crippen molar-refractivity contribution >= 4 is 23.6 Å². The fraction of sp³-hybridized carbons (Fsp3) is 0.538. The molecular weight excluding hydrogens is 264 g/mol. The summed E-state index contributed by atoms with van der Waals surface area (Å²) in [6.07, 6.45) is 1.63. The van der Waals surface area contributed by atoms with E-state index in [4.69, 9.17) is 5.11 Å². The van der Waals surface area contributed by atoms with Crippen molar-refractivity contribution in [2.24, 2.45) is 0 Å². The Morgan fingerprint density at radius 2 is 2.00 bits per heavy atom. The third-order valence-corrected chi connectivity index (χ3v) is 4.35. The summed E-state index contributed by atoms with van der Waals surface area (Å²) in [4.78, 5) is 25.1. The molecule has 1 aliphatic rings. The van der Waals surface area contributed by atoms with E-state index >= 15 is 0 Å². The summed E-state index contributed by atoms with van der Waals surface area (Å²) in [5.74, 6) is -1.02. The number of aromatic carboxylic acids is 1. The van der Waals surface area contributed by atoms with Crippen LogP contribution in [0.2, 0.25) is 0 Å². The highest BCUT2D eigenvalue weighted by Gasteiger charge is 2.26. The predicted octanol–water partition coefficient (Wildman–Crippen LogP) is 1.54. The van der Waals surface area contributed by atoms with Crippen molar-refractivity contribution in [2.75, 3.05) is 13.1 Å². The van der Waals surface area contributed by atoms with Crippen LogP contribution in [-0.4, -0.2) is 50.0 Å². The second-order valence-corrected chi connectivity index (χ2v) is 6.76. The SMILES string of the molecule is CC1CN(C(=O)Cn2cccc2C(=O)O)CC(C)S1. The van der Waals surface area contributed by atoms with Gasteiger partial charge in [-0.3, -0.25) is 4.79 Å². The van der Waals surface area contributed by atoms with E-state index in [1.54, 1.807) is 12.3 Å². The van der Waals surface area contributed by atoms with Crippen molar-refractivity contribution in [1.29, 1.82) is 0 Å². The monoisotopic (exact) mass is 282 g/mol. The minimum atomic E-state index is -1.01. The number of carboxylic acids is 1. The van der Waals surface area contributed by atoms with Gasteiger partial charge in [-0.15, -0.1) is 0 Å². The molecule has 104 valence electrons. The van der Waals surface area contributed by atoms with Gasteiger partial charge in [-0.25, -0.2) is 4.79 Å². The first kappa shape index (κ1) is 14.0. The molecule has 0 spiro atoms. The molecule has 0 bridgehead atoms. The molecule has 0 saturated carbocycles. The minimum Gasteiger partial charge on any atom is -0.477 e. The van der Waals surface area contributed by atoms with Crippen LogP contribution in [0, 0.1) is 0 Å². The molecule has 1 aromatic rings. The number of amides is 1. The van der Waals surface area contributed by atoms with E-state index in [2.05, 4.69) is 13.8 Å². The minimum absolute atomic E-state index is 0.0160. The van der Waals surface area contributed by atoms with Gasteiger partial charge in [-0.1, -0.05) is 13.8 Å². The Morgan fingerprint density at radius 1 is 1.37 bits per heavy atom. The summed E-state index contributed by atoms with van der Waals surface area (Å²) in [6.45, 7) is 5.78. The topological polar surface area (TPSA) is 62.5 Å². The maximum Gasteiger partial charge on any atom is 0.352 e. The van der Waals surface area contributed by atoms with Crippen LogP contribution >= 0.6 is 11.8 Å². The van der Waals surface area contributed by atoms with Crippen LogP contribution in [-0.2, 0) is 11.3 Å². The number of nitrogens with zero attached hydrogens (tertiary/aromatic N) is 2. The highest BCUT2D eigenvalue weighted by atomic mass is 32.2. The third-order valence-electron chi connectivity index (χ3n) is 3.13. The average Bonchev–Trinajstić information content (AvgIpc) is 2.75. The van der Waals surface area contributed by atoms with Gasteiger partial charge >= 0.3 is 5.97 Å². The number of aromatic nitrogens is 1.